The Bertz CT molecular complexity index is 326. The van der Waals surface area contributed by atoms with Crippen molar-refractivity contribution < 1.29 is 14.2 Å². The first kappa shape index (κ1) is 11.4. The highest BCUT2D eigenvalue weighted by Gasteiger charge is 2.34. The fourth-order valence-electron chi connectivity index (χ4n) is 2.21. The number of ether oxygens (including phenoxy) is 3. The van der Waals surface area contributed by atoms with Gasteiger partial charge in [0.2, 0.25) is 0 Å². The van der Waals surface area contributed by atoms with E-state index in [0.717, 1.165) is 31.8 Å². The van der Waals surface area contributed by atoms with Crippen LogP contribution in [0, 0.1) is 0 Å². The molecule has 0 amide bonds. The molecule has 0 radical (unpaired) electrons. The van der Waals surface area contributed by atoms with E-state index in [1.807, 2.05) is 12.1 Å². The SMILES string of the molecule is COc1ccc(C2(OC)CCOCC2)cc1. The molecule has 0 spiro atoms. The van der Waals surface area contributed by atoms with Crippen molar-refractivity contribution in [3.8, 4) is 5.75 Å². The largest absolute Gasteiger partial charge is 0.497 e. The maximum absolute atomic E-state index is 5.72. The Morgan fingerprint density at radius 3 is 2.19 bits per heavy atom. The summed E-state index contributed by atoms with van der Waals surface area (Å²) >= 11 is 0. The Morgan fingerprint density at radius 2 is 1.69 bits per heavy atom. The van der Waals surface area contributed by atoms with E-state index in [0.29, 0.717) is 0 Å². The Hall–Kier alpha value is -1.06. The number of rotatable bonds is 3. The molecule has 0 aromatic heterocycles. The van der Waals surface area contributed by atoms with Gasteiger partial charge < -0.3 is 14.2 Å². The molecular weight excluding hydrogens is 204 g/mol. The lowest BCUT2D eigenvalue weighted by Gasteiger charge is -2.36. The molecule has 88 valence electrons. The number of hydrogen-bond donors (Lipinski definition) is 0. The van der Waals surface area contributed by atoms with Crippen molar-refractivity contribution in [2.75, 3.05) is 27.4 Å². The molecule has 1 aliphatic rings. The summed E-state index contributed by atoms with van der Waals surface area (Å²) in [5.41, 5.74) is 1.03. The molecule has 1 aliphatic heterocycles. The monoisotopic (exact) mass is 222 g/mol. The van der Waals surface area contributed by atoms with Gasteiger partial charge in [0.15, 0.2) is 0 Å². The van der Waals surface area contributed by atoms with Crippen LogP contribution in [0.4, 0.5) is 0 Å². The van der Waals surface area contributed by atoms with Gasteiger partial charge in [-0.15, -0.1) is 0 Å². The summed E-state index contributed by atoms with van der Waals surface area (Å²) in [5, 5.41) is 0. The van der Waals surface area contributed by atoms with Crippen molar-refractivity contribution in [2.24, 2.45) is 0 Å². The number of benzene rings is 1. The Kier molecular flexibility index (Phi) is 3.46. The van der Waals surface area contributed by atoms with Crippen LogP contribution in [0.5, 0.6) is 5.75 Å². The van der Waals surface area contributed by atoms with Crippen molar-refractivity contribution >= 4 is 0 Å². The fourth-order valence-corrected chi connectivity index (χ4v) is 2.21. The molecule has 0 N–H and O–H groups in total. The molecule has 0 unspecified atom stereocenters. The Labute approximate surface area is 96.3 Å². The van der Waals surface area contributed by atoms with Crippen LogP contribution in [0.25, 0.3) is 0 Å². The third kappa shape index (κ3) is 2.06. The van der Waals surface area contributed by atoms with E-state index in [1.54, 1.807) is 14.2 Å². The van der Waals surface area contributed by atoms with Gasteiger partial charge in [0.05, 0.1) is 12.7 Å². The van der Waals surface area contributed by atoms with Gasteiger partial charge in [-0.1, -0.05) is 12.1 Å². The lowest BCUT2D eigenvalue weighted by Crippen LogP contribution is -2.35. The quantitative estimate of drug-likeness (QED) is 0.785. The van der Waals surface area contributed by atoms with Crippen LogP contribution in [0.3, 0.4) is 0 Å². The summed E-state index contributed by atoms with van der Waals surface area (Å²) < 4.78 is 16.3. The zero-order valence-corrected chi connectivity index (χ0v) is 9.86. The molecule has 0 atom stereocenters. The molecule has 16 heavy (non-hydrogen) atoms. The molecule has 3 heteroatoms. The molecule has 2 rings (SSSR count). The van der Waals surface area contributed by atoms with Gasteiger partial charge >= 0.3 is 0 Å². The van der Waals surface area contributed by atoms with Gasteiger partial charge in [0.25, 0.3) is 0 Å². The second-order valence-electron chi connectivity index (χ2n) is 4.04. The summed E-state index contributed by atoms with van der Waals surface area (Å²) in [6.07, 6.45) is 1.83. The maximum atomic E-state index is 5.72. The van der Waals surface area contributed by atoms with Crippen LogP contribution in [0.2, 0.25) is 0 Å². The number of hydrogen-bond acceptors (Lipinski definition) is 3. The molecule has 1 aromatic rings. The summed E-state index contributed by atoms with van der Waals surface area (Å²) in [5.74, 6) is 0.877. The first-order chi connectivity index (χ1) is 7.80. The first-order valence-electron chi connectivity index (χ1n) is 5.58. The van der Waals surface area contributed by atoms with Crippen molar-refractivity contribution in [1.29, 1.82) is 0 Å². The van der Waals surface area contributed by atoms with Crippen LogP contribution >= 0.6 is 0 Å². The van der Waals surface area contributed by atoms with E-state index in [-0.39, 0.29) is 5.60 Å². The standard InChI is InChI=1S/C13H18O3/c1-14-12-5-3-11(4-6-12)13(15-2)7-9-16-10-8-13/h3-6H,7-10H2,1-2H3. The van der Waals surface area contributed by atoms with Gasteiger partial charge in [-0.2, -0.15) is 0 Å². The van der Waals surface area contributed by atoms with E-state index in [9.17, 15) is 0 Å². The van der Waals surface area contributed by atoms with E-state index >= 15 is 0 Å². The smallest absolute Gasteiger partial charge is 0.118 e. The van der Waals surface area contributed by atoms with Crippen LogP contribution in [0.1, 0.15) is 18.4 Å². The molecule has 1 aromatic carbocycles. The van der Waals surface area contributed by atoms with Crippen molar-refractivity contribution in [3.63, 3.8) is 0 Å². The lowest BCUT2D eigenvalue weighted by atomic mass is 9.86. The molecular formula is C13H18O3. The second-order valence-corrected chi connectivity index (χ2v) is 4.04. The average molecular weight is 222 g/mol. The highest BCUT2D eigenvalue weighted by Crippen LogP contribution is 2.35. The molecule has 1 fully saturated rings. The zero-order valence-electron chi connectivity index (χ0n) is 9.86. The third-order valence-electron chi connectivity index (χ3n) is 3.31. The normalized spacial score (nSPS) is 19.4. The molecule has 0 aliphatic carbocycles. The molecule has 1 saturated heterocycles. The Balaban J connectivity index is 2.24. The third-order valence-corrected chi connectivity index (χ3v) is 3.31. The van der Waals surface area contributed by atoms with Gasteiger partial charge in [-0.05, 0) is 17.7 Å². The first-order valence-corrected chi connectivity index (χ1v) is 5.58. The minimum Gasteiger partial charge on any atom is -0.497 e. The second kappa shape index (κ2) is 4.85. The van der Waals surface area contributed by atoms with Gasteiger partial charge in [-0.25, -0.2) is 0 Å². The molecule has 3 nitrogen and oxygen atoms in total. The summed E-state index contributed by atoms with van der Waals surface area (Å²) in [7, 11) is 3.45. The van der Waals surface area contributed by atoms with Crippen molar-refractivity contribution in [2.45, 2.75) is 18.4 Å². The lowest BCUT2D eigenvalue weighted by molar-refractivity contribution is -0.0947. The zero-order chi connectivity index (χ0) is 11.4. The van der Waals surface area contributed by atoms with Gasteiger partial charge in [0, 0.05) is 33.2 Å². The van der Waals surface area contributed by atoms with E-state index in [4.69, 9.17) is 14.2 Å². The molecule has 0 saturated carbocycles. The van der Waals surface area contributed by atoms with E-state index < -0.39 is 0 Å². The van der Waals surface area contributed by atoms with E-state index in [1.165, 1.54) is 5.56 Å². The van der Waals surface area contributed by atoms with Crippen molar-refractivity contribution in [1.82, 2.24) is 0 Å². The fraction of sp³-hybridized carbons (Fsp3) is 0.538. The average Bonchev–Trinajstić information content (AvgIpc) is 2.39. The minimum absolute atomic E-state index is 0.176. The van der Waals surface area contributed by atoms with E-state index in [2.05, 4.69) is 12.1 Å². The van der Waals surface area contributed by atoms with Crippen LogP contribution in [0.15, 0.2) is 24.3 Å². The predicted octanol–water partition coefficient (Wildman–Crippen LogP) is 2.35. The predicted molar refractivity (Wildman–Crippen MR) is 61.7 cm³/mol. The summed E-state index contributed by atoms with van der Waals surface area (Å²) in [6.45, 7) is 1.53. The minimum atomic E-state index is -0.176. The van der Waals surface area contributed by atoms with Crippen LogP contribution in [-0.4, -0.2) is 27.4 Å². The highest BCUT2D eigenvalue weighted by atomic mass is 16.5. The molecule has 1 heterocycles. The molecule has 0 bridgehead atoms. The summed E-state index contributed by atoms with van der Waals surface area (Å²) in [4.78, 5) is 0. The van der Waals surface area contributed by atoms with Crippen LogP contribution in [-0.2, 0) is 15.1 Å². The maximum Gasteiger partial charge on any atom is 0.118 e. The Morgan fingerprint density at radius 1 is 1.06 bits per heavy atom. The highest BCUT2D eigenvalue weighted by molar-refractivity contribution is 5.31. The van der Waals surface area contributed by atoms with Gasteiger partial charge in [-0.3, -0.25) is 0 Å². The van der Waals surface area contributed by atoms with Crippen molar-refractivity contribution in [3.05, 3.63) is 29.8 Å². The number of methoxy groups -OCH3 is 2. The summed E-state index contributed by atoms with van der Waals surface area (Å²) in [6, 6.07) is 8.11. The van der Waals surface area contributed by atoms with Gasteiger partial charge in [0.1, 0.15) is 5.75 Å². The van der Waals surface area contributed by atoms with Crippen LogP contribution < -0.4 is 4.74 Å². The topological polar surface area (TPSA) is 27.7 Å².